The lowest BCUT2D eigenvalue weighted by Gasteiger charge is -2.15. The lowest BCUT2D eigenvalue weighted by Crippen LogP contribution is -2.17. The Labute approximate surface area is 217 Å². The fraction of sp³-hybridized carbons (Fsp3) is 0.200. The van der Waals surface area contributed by atoms with Gasteiger partial charge in [-0.3, -0.25) is 4.72 Å². The van der Waals surface area contributed by atoms with Crippen LogP contribution in [0.25, 0.3) is 12.2 Å². The number of halogens is 3. The van der Waals surface area contributed by atoms with Crippen molar-refractivity contribution in [2.24, 2.45) is 0 Å². The molecule has 9 nitrogen and oxygen atoms in total. The fourth-order valence-electron chi connectivity index (χ4n) is 3.44. The molecule has 0 radical (unpaired) electrons. The number of alkyl halides is 3. The highest BCUT2D eigenvalue weighted by atomic mass is 32.2. The number of ether oxygens (including phenoxy) is 5. The van der Waals surface area contributed by atoms with Crippen LogP contribution >= 0.6 is 0 Å². The standard InChI is InChI=1S/C25H24F3NO8S/c1-33-21-13-16(14-22(34-2)24(21)36-4)6-5-15-11-19(23(35-3)20(30)12-15)29-38(31,32)18-9-7-17(8-10-18)37-25(26,27)28/h5-14,29-30H,1-4H3/b6-5-. The van der Waals surface area contributed by atoms with Crippen LogP contribution in [-0.4, -0.2) is 48.3 Å². The molecule has 0 unspecified atom stereocenters. The van der Waals surface area contributed by atoms with Crippen LogP contribution in [0, 0.1) is 0 Å². The Morgan fingerprint density at radius 1 is 0.789 bits per heavy atom. The quantitative estimate of drug-likeness (QED) is 0.325. The molecule has 3 rings (SSSR count). The first-order chi connectivity index (χ1) is 17.9. The van der Waals surface area contributed by atoms with Crippen molar-refractivity contribution in [3.63, 3.8) is 0 Å². The molecule has 2 N–H and O–H groups in total. The zero-order valence-corrected chi connectivity index (χ0v) is 21.4. The normalized spacial score (nSPS) is 11.8. The van der Waals surface area contributed by atoms with E-state index in [-0.39, 0.29) is 22.1 Å². The van der Waals surface area contributed by atoms with Crippen molar-refractivity contribution in [1.82, 2.24) is 0 Å². The van der Waals surface area contributed by atoms with E-state index in [1.165, 1.54) is 40.6 Å². The molecule has 38 heavy (non-hydrogen) atoms. The number of hydrogen-bond acceptors (Lipinski definition) is 8. The first kappa shape index (κ1) is 28.3. The summed E-state index contributed by atoms with van der Waals surface area (Å²) in [5.74, 6) is 0.157. The van der Waals surface area contributed by atoms with E-state index in [0.29, 0.717) is 28.4 Å². The molecule has 0 atom stereocenters. The summed E-state index contributed by atoms with van der Waals surface area (Å²) in [5, 5.41) is 10.4. The van der Waals surface area contributed by atoms with E-state index in [9.17, 15) is 26.7 Å². The van der Waals surface area contributed by atoms with Crippen LogP contribution in [0.5, 0.6) is 34.5 Å². The summed E-state index contributed by atoms with van der Waals surface area (Å²) in [6.07, 6.45) is -1.65. The third-order valence-corrected chi connectivity index (χ3v) is 6.44. The summed E-state index contributed by atoms with van der Waals surface area (Å²) < 4.78 is 90.1. The topological polar surface area (TPSA) is 113 Å². The van der Waals surface area contributed by atoms with E-state index in [0.717, 1.165) is 24.3 Å². The molecule has 0 aliphatic heterocycles. The molecular weight excluding hydrogens is 531 g/mol. The van der Waals surface area contributed by atoms with Gasteiger partial charge in [-0.25, -0.2) is 8.42 Å². The van der Waals surface area contributed by atoms with Gasteiger partial charge in [-0.05, 0) is 59.7 Å². The van der Waals surface area contributed by atoms with E-state index < -0.39 is 22.1 Å². The Hall–Kier alpha value is -4.26. The van der Waals surface area contributed by atoms with Crippen molar-refractivity contribution in [2.75, 3.05) is 33.2 Å². The van der Waals surface area contributed by atoms with Crippen molar-refractivity contribution in [1.29, 1.82) is 0 Å². The molecule has 0 aliphatic rings. The van der Waals surface area contributed by atoms with Crippen LogP contribution in [0.2, 0.25) is 0 Å². The smallest absolute Gasteiger partial charge is 0.504 e. The lowest BCUT2D eigenvalue weighted by molar-refractivity contribution is -0.274. The molecule has 3 aromatic rings. The maximum atomic E-state index is 12.9. The van der Waals surface area contributed by atoms with Gasteiger partial charge in [0.15, 0.2) is 23.0 Å². The van der Waals surface area contributed by atoms with E-state index in [1.807, 2.05) is 0 Å². The van der Waals surface area contributed by atoms with E-state index >= 15 is 0 Å². The zero-order valence-electron chi connectivity index (χ0n) is 20.6. The average Bonchev–Trinajstić information content (AvgIpc) is 2.85. The van der Waals surface area contributed by atoms with Gasteiger partial charge in [0.2, 0.25) is 5.75 Å². The number of methoxy groups -OCH3 is 4. The molecule has 0 bridgehead atoms. The highest BCUT2D eigenvalue weighted by Gasteiger charge is 2.31. The average molecular weight is 556 g/mol. The number of sulfonamides is 1. The Balaban J connectivity index is 1.93. The second kappa shape index (κ2) is 11.4. The van der Waals surface area contributed by atoms with E-state index in [4.69, 9.17) is 18.9 Å². The summed E-state index contributed by atoms with van der Waals surface area (Å²) in [5.41, 5.74) is 0.939. The zero-order chi connectivity index (χ0) is 28.1. The molecule has 0 spiro atoms. The van der Waals surface area contributed by atoms with Gasteiger partial charge in [-0.1, -0.05) is 12.2 Å². The second-order valence-corrected chi connectivity index (χ2v) is 9.22. The molecule has 0 saturated heterocycles. The molecule has 13 heteroatoms. The van der Waals surface area contributed by atoms with Crippen LogP contribution in [0.15, 0.2) is 53.4 Å². The maximum absolute atomic E-state index is 12.9. The minimum atomic E-state index is -4.92. The first-order valence-electron chi connectivity index (χ1n) is 10.7. The van der Waals surface area contributed by atoms with Crippen LogP contribution < -0.4 is 28.4 Å². The van der Waals surface area contributed by atoms with Crippen molar-refractivity contribution < 1.29 is 50.4 Å². The number of rotatable bonds is 10. The lowest BCUT2D eigenvalue weighted by atomic mass is 10.1. The summed E-state index contributed by atoms with van der Waals surface area (Å²) in [6.45, 7) is 0. The SMILES string of the molecule is COc1cc(/C=C\c2cc(O)c(OC)c(NS(=O)(=O)c3ccc(OC(F)(F)F)cc3)c2)cc(OC)c1OC. The largest absolute Gasteiger partial charge is 0.573 e. The van der Waals surface area contributed by atoms with Crippen LogP contribution in [0.1, 0.15) is 11.1 Å². The van der Waals surface area contributed by atoms with Gasteiger partial charge in [0, 0.05) is 0 Å². The van der Waals surface area contributed by atoms with Crippen molar-refractivity contribution in [3.05, 3.63) is 59.7 Å². The maximum Gasteiger partial charge on any atom is 0.573 e. The molecule has 0 fully saturated rings. The molecule has 0 saturated carbocycles. The highest BCUT2D eigenvalue weighted by Crippen LogP contribution is 2.40. The number of anilines is 1. The van der Waals surface area contributed by atoms with Crippen molar-refractivity contribution in [3.8, 4) is 34.5 Å². The van der Waals surface area contributed by atoms with Gasteiger partial charge in [-0.15, -0.1) is 13.2 Å². The number of nitrogens with one attached hydrogen (secondary N) is 1. The summed E-state index contributed by atoms with van der Waals surface area (Å²) in [4.78, 5) is -0.341. The number of aromatic hydroxyl groups is 1. The van der Waals surface area contributed by atoms with Gasteiger partial charge in [0.05, 0.1) is 39.0 Å². The van der Waals surface area contributed by atoms with Crippen molar-refractivity contribution >= 4 is 27.9 Å². The summed E-state index contributed by atoms with van der Waals surface area (Å²) in [7, 11) is 1.38. The molecule has 0 aliphatic carbocycles. The van der Waals surface area contributed by atoms with Gasteiger partial charge in [0.1, 0.15) is 5.75 Å². The third kappa shape index (κ3) is 6.73. The molecule has 204 valence electrons. The minimum absolute atomic E-state index is 0.104. The Kier molecular flexibility index (Phi) is 8.51. The molecule has 0 amide bonds. The Morgan fingerprint density at radius 2 is 1.32 bits per heavy atom. The molecule has 3 aromatic carbocycles. The summed E-state index contributed by atoms with van der Waals surface area (Å²) >= 11 is 0. The van der Waals surface area contributed by atoms with Crippen LogP contribution in [0.4, 0.5) is 18.9 Å². The number of hydrogen-bond donors (Lipinski definition) is 2. The van der Waals surface area contributed by atoms with Gasteiger partial charge < -0.3 is 28.8 Å². The molecular formula is C25H24F3NO8S. The molecule has 0 aromatic heterocycles. The Morgan fingerprint density at radius 3 is 1.79 bits per heavy atom. The number of phenolic OH excluding ortho intramolecular Hbond substituents is 1. The minimum Gasteiger partial charge on any atom is -0.504 e. The van der Waals surface area contributed by atoms with Crippen molar-refractivity contribution in [2.45, 2.75) is 11.3 Å². The Bertz CT molecular complexity index is 1400. The number of phenols is 1. The summed E-state index contributed by atoms with van der Waals surface area (Å²) in [6, 6.07) is 9.78. The van der Waals surface area contributed by atoms with Gasteiger partial charge >= 0.3 is 6.36 Å². The van der Waals surface area contributed by atoms with Gasteiger partial charge in [-0.2, -0.15) is 0 Å². The van der Waals surface area contributed by atoms with Crippen LogP contribution in [0.3, 0.4) is 0 Å². The highest BCUT2D eigenvalue weighted by molar-refractivity contribution is 7.92. The monoisotopic (exact) mass is 555 g/mol. The number of benzene rings is 3. The van der Waals surface area contributed by atoms with Gasteiger partial charge in [0.25, 0.3) is 10.0 Å². The van der Waals surface area contributed by atoms with Crippen LogP contribution in [-0.2, 0) is 10.0 Å². The van der Waals surface area contributed by atoms with E-state index in [2.05, 4.69) is 9.46 Å². The predicted molar refractivity (Wildman–Crippen MR) is 134 cm³/mol. The predicted octanol–water partition coefficient (Wildman–Crippen LogP) is 5.30. The third-order valence-electron chi connectivity index (χ3n) is 5.06. The fourth-order valence-corrected chi connectivity index (χ4v) is 4.49. The second-order valence-electron chi connectivity index (χ2n) is 7.54. The molecule has 0 heterocycles. The first-order valence-corrected chi connectivity index (χ1v) is 12.2. The van der Waals surface area contributed by atoms with E-state index in [1.54, 1.807) is 24.3 Å².